The number of rotatable bonds is 8. The van der Waals surface area contributed by atoms with E-state index in [2.05, 4.69) is 10.6 Å². The minimum atomic E-state index is -4.48. The number of amides is 4. The van der Waals surface area contributed by atoms with Gasteiger partial charge in [0, 0.05) is 50.2 Å². The Labute approximate surface area is 290 Å². The van der Waals surface area contributed by atoms with E-state index in [4.69, 9.17) is 9.47 Å². The molecule has 272 valence electrons. The van der Waals surface area contributed by atoms with Gasteiger partial charge in [-0.15, -0.1) is 0 Å². The summed E-state index contributed by atoms with van der Waals surface area (Å²) in [5, 5.41) is 17.5. The number of urea groups is 1. The van der Waals surface area contributed by atoms with E-state index in [-0.39, 0.29) is 54.7 Å². The number of alkyl halides is 3. The first-order valence-electron chi connectivity index (χ1n) is 17.0. The van der Waals surface area contributed by atoms with Crippen LogP contribution in [0.25, 0.3) is 10.8 Å². The van der Waals surface area contributed by atoms with Crippen LogP contribution in [0.4, 0.5) is 29.3 Å². The van der Waals surface area contributed by atoms with E-state index in [1.54, 1.807) is 18.9 Å². The molecule has 0 aliphatic carbocycles. The molecule has 0 fully saturated rings. The van der Waals surface area contributed by atoms with Crippen LogP contribution < -0.4 is 15.4 Å². The number of anilines is 2. The van der Waals surface area contributed by atoms with E-state index in [0.717, 1.165) is 23.6 Å². The van der Waals surface area contributed by atoms with Crippen molar-refractivity contribution < 1.29 is 42.1 Å². The van der Waals surface area contributed by atoms with Gasteiger partial charge in [0.25, 0.3) is 5.91 Å². The molecule has 0 aromatic heterocycles. The Morgan fingerprint density at radius 1 is 1.06 bits per heavy atom. The minimum Gasteiger partial charge on any atom is -0.490 e. The van der Waals surface area contributed by atoms with Gasteiger partial charge in [0.15, 0.2) is 0 Å². The average molecular weight is 701 g/mol. The van der Waals surface area contributed by atoms with Crippen LogP contribution in [-0.2, 0) is 9.53 Å². The fraction of sp³-hybridized carbons (Fsp3) is 0.486. The molecule has 0 bridgehead atoms. The molecule has 3 aromatic carbocycles. The highest BCUT2D eigenvalue weighted by Crippen LogP contribution is 2.29. The molecule has 3 aromatic rings. The monoisotopic (exact) mass is 700 g/mol. The molecule has 4 rings (SSSR count). The molecule has 0 unspecified atom stereocenters. The van der Waals surface area contributed by atoms with Crippen molar-refractivity contribution >= 4 is 40.0 Å². The van der Waals surface area contributed by atoms with Gasteiger partial charge < -0.3 is 35.0 Å². The Balaban J connectivity index is 1.57. The average Bonchev–Trinajstić information content (AvgIpc) is 3.08. The summed E-state index contributed by atoms with van der Waals surface area (Å²) in [6, 6.07) is 16.9. The lowest BCUT2D eigenvalue weighted by molar-refractivity contribution is -0.142. The molecule has 0 spiro atoms. The Hall–Kier alpha value is -4.36. The molecule has 1 aliphatic heterocycles. The lowest BCUT2D eigenvalue weighted by Gasteiger charge is -2.35. The molecule has 3 N–H and O–H groups in total. The highest BCUT2D eigenvalue weighted by Gasteiger charge is 2.32. The summed E-state index contributed by atoms with van der Waals surface area (Å²) in [6.07, 6.45) is -5.14. The van der Waals surface area contributed by atoms with Crippen molar-refractivity contribution in [1.29, 1.82) is 0 Å². The van der Waals surface area contributed by atoms with Gasteiger partial charge in [-0.3, -0.25) is 9.59 Å². The summed E-state index contributed by atoms with van der Waals surface area (Å²) in [5.74, 6) is -1.39. The van der Waals surface area contributed by atoms with Crippen molar-refractivity contribution in [2.75, 3.05) is 44.0 Å². The molecule has 1 aliphatic rings. The Morgan fingerprint density at radius 3 is 2.54 bits per heavy atom. The van der Waals surface area contributed by atoms with Crippen molar-refractivity contribution in [3.63, 3.8) is 0 Å². The van der Waals surface area contributed by atoms with E-state index in [9.17, 15) is 32.7 Å². The number of fused-ring (bicyclic) bond motifs is 2. The highest BCUT2D eigenvalue weighted by atomic mass is 19.4. The molecule has 0 radical (unpaired) electrons. The summed E-state index contributed by atoms with van der Waals surface area (Å²) in [7, 11) is 1.68. The van der Waals surface area contributed by atoms with Gasteiger partial charge in [-0.2, -0.15) is 13.2 Å². The smallest absolute Gasteiger partial charge is 0.389 e. The third kappa shape index (κ3) is 10.8. The van der Waals surface area contributed by atoms with Crippen LogP contribution in [0, 0.1) is 5.92 Å². The predicted octanol–water partition coefficient (Wildman–Crippen LogP) is 7.08. The lowest BCUT2D eigenvalue weighted by Crippen LogP contribution is -2.48. The number of halogens is 3. The number of aliphatic hydroxyl groups excluding tert-OH is 1. The van der Waals surface area contributed by atoms with E-state index in [1.165, 1.54) is 23.1 Å². The second-order valence-corrected chi connectivity index (χ2v) is 13.0. The minimum absolute atomic E-state index is 0.0964. The van der Waals surface area contributed by atoms with Gasteiger partial charge in [0.05, 0.1) is 42.5 Å². The molecule has 1 heterocycles. The Bertz CT molecular complexity index is 1610. The number of benzene rings is 3. The summed E-state index contributed by atoms with van der Waals surface area (Å²) in [6.45, 7) is 5.91. The first-order chi connectivity index (χ1) is 23.8. The van der Waals surface area contributed by atoms with Gasteiger partial charge >= 0.3 is 12.2 Å². The first kappa shape index (κ1) is 38.4. The maximum absolute atomic E-state index is 14.3. The maximum Gasteiger partial charge on any atom is 0.389 e. The van der Waals surface area contributed by atoms with Crippen molar-refractivity contribution in [2.24, 2.45) is 5.92 Å². The van der Waals surface area contributed by atoms with E-state index in [1.807, 2.05) is 56.3 Å². The van der Waals surface area contributed by atoms with Crippen molar-refractivity contribution in [2.45, 2.75) is 77.3 Å². The number of carbonyl (C=O) groups excluding carboxylic acids is 3. The molecule has 0 saturated heterocycles. The molecule has 4 amide bonds. The quantitative estimate of drug-likeness (QED) is 0.231. The number of hydrogen-bond donors (Lipinski definition) is 3. The van der Waals surface area contributed by atoms with Gasteiger partial charge in [0.2, 0.25) is 5.91 Å². The van der Waals surface area contributed by atoms with Crippen LogP contribution in [0.15, 0.2) is 60.7 Å². The molecule has 0 saturated carbocycles. The number of nitrogens with zero attached hydrogens (tertiary/aromatic N) is 2. The number of hydrogen-bond acceptors (Lipinski definition) is 6. The van der Waals surface area contributed by atoms with Crippen molar-refractivity contribution in [3.05, 3.63) is 66.2 Å². The van der Waals surface area contributed by atoms with E-state index >= 15 is 0 Å². The molecular formula is C37H47F3N4O6. The number of ether oxygens (including phenoxy) is 2. The highest BCUT2D eigenvalue weighted by molar-refractivity contribution is 6.02. The first-order valence-corrected chi connectivity index (χ1v) is 17.0. The molecule has 4 atom stereocenters. The third-order valence-corrected chi connectivity index (χ3v) is 8.80. The number of aliphatic hydroxyl groups is 1. The van der Waals surface area contributed by atoms with Crippen LogP contribution in [-0.4, -0.2) is 90.5 Å². The zero-order valence-electron chi connectivity index (χ0n) is 29.0. The van der Waals surface area contributed by atoms with E-state index < -0.39 is 43.0 Å². The zero-order chi connectivity index (χ0) is 36.4. The summed E-state index contributed by atoms with van der Waals surface area (Å²) >= 11 is 0. The van der Waals surface area contributed by atoms with Crippen molar-refractivity contribution in [3.8, 4) is 5.75 Å². The SMILES string of the molecule is C[C@@H]1CCCCO[C@H](CN(C)C(=O)Nc2cccc3ccccc23)[C@@H](C)CN([C@@H](C)CO)C(=O)c2cc(NC(=O)CCC(F)(F)F)ccc2O1. The standard InChI is InChI=1S/C37H47F3N4O6/c1-24-21-44(25(2)23-45)35(47)30-20-28(41-34(46)17-18-37(38,39)40)15-16-32(30)50-26(3)10-7-8-19-49-33(24)22-43(4)36(48)42-31-14-9-12-27-11-5-6-13-29(27)31/h5-6,9,11-16,20,24-26,33,45H,7-8,10,17-19,21-23H2,1-4H3,(H,41,46)(H,42,48)/t24-,25-,26+,33+/m0/s1. The molecule has 50 heavy (non-hydrogen) atoms. The van der Waals surface area contributed by atoms with Crippen LogP contribution in [0.3, 0.4) is 0 Å². The van der Waals surface area contributed by atoms with E-state index in [0.29, 0.717) is 18.7 Å². The fourth-order valence-electron chi connectivity index (χ4n) is 5.84. The maximum atomic E-state index is 14.3. The zero-order valence-corrected chi connectivity index (χ0v) is 29.0. The van der Waals surface area contributed by atoms with Crippen LogP contribution in [0.1, 0.15) is 63.2 Å². The number of nitrogens with one attached hydrogen (secondary N) is 2. The fourth-order valence-corrected chi connectivity index (χ4v) is 5.84. The van der Waals surface area contributed by atoms with Gasteiger partial charge in [-0.25, -0.2) is 4.79 Å². The second-order valence-electron chi connectivity index (χ2n) is 13.0. The van der Waals surface area contributed by atoms with Gasteiger partial charge in [-0.05, 0) is 62.8 Å². The normalized spacial score (nSPS) is 19.9. The number of carbonyl (C=O) groups is 3. The van der Waals surface area contributed by atoms with Crippen LogP contribution in [0.2, 0.25) is 0 Å². The molecular weight excluding hydrogens is 653 g/mol. The van der Waals surface area contributed by atoms with Crippen molar-refractivity contribution in [1.82, 2.24) is 9.80 Å². The summed E-state index contributed by atoms with van der Waals surface area (Å²) < 4.78 is 50.6. The number of likely N-dealkylation sites (N-methyl/N-ethyl adjacent to an activating group) is 1. The molecule has 10 nitrogen and oxygen atoms in total. The topological polar surface area (TPSA) is 120 Å². The molecule has 13 heteroatoms. The van der Waals surface area contributed by atoms with Gasteiger partial charge in [0.1, 0.15) is 5.75 Å². The van der Waals surface area contributed by atoms with Crippen LogP contribution >= 0.6 is 0 Å². The predicted molar refractivity (Wildman–Crippen MR) is 186 cm³/mol. The second kappa shape index (κ2) is 17.5. The largest absolute Gasteiger partial charge is 0.490 e. The third-order valence-electron chi connectivity index (χ3n) is 8.80. The van der Waals surface area contributed by atoms with Crippen LogP contribution in [0.5, 0.6) is 5.75 Å². The Morgan fingerprint density at radius 2 is 1.80 bits per heavy atom. The Kier molecular flexibility index (Phi) is 13.5. The van der Waals surface area contributed by atoms with Gasteiger partial charge in [-0.1, -0.05) is 43.3 Å². The summed E-state index contributed by atoms with van der Waals surface area (Å²) in [4.78, 5) is 43.0. The lowest BCUT2D eigenvalue weighted by atomic mass is 10.0. The summed E-state index contributed by atoms with van der Waals surface area (Å²) in [5.41, 5.74) is 0.921.